The van der Waals surface area contributed by atoms with Gasteiger partial charge in [0.1, 0.15) is 0 Å². The average Bonchev–Trinajstić information content (AvgIpc) is 3.26. The zero-order valence-corrected chi connectivity index (χ0v) is 15.9. The Morgan fingerprint density at radius 3 is 2.92 bits per heavy atom. The molecule has 0 amide bonds. The van der Waals surface area contributed by atoms with Crippen molar-refractivity contribution in [3.05, 3.63) is 22.4 Å². The molecule has 0 bridgehead atoms. The number of nitrogens with zero attached hydrogens (tertiary/aromatic N) is 2. The first kappa shape index (κ1) is 17.7. The van der Waals surface area contributed by atoms with Crippen molar-refractivity contribution in [1.29, 1.82) is 0 Å². The Labute approximate surface area is 150 Å². The highest BCUT2D eigenvalue weighted by Crippen LogP contribution is 2.36. The molecular formula is C19H32N4S. The minimum atomic E-state index is 0.541. The predicted octanol–water partition coefficient (Wildman–Crippen LogP) is 3.49. The molecule has 2 N–H and O–H groups in total. The molecule has 1 aromatic rings. The van der Waals surface area contributed by atoms with Crippen LogP contribution in [-0.2, 0) is 0 Å². The van der Waals surface area contributed by atoms with Crippen LogP contribution in [0.5, 0.6) is 0 Å². The maximum atomic E-state index is 4.39. The van der Waals surface area contributed by atoms with Crippen molar-refractivity contribution < 1.29 is 0 Å². The van der Waals surface area contributed by atoms with Crippen LogP contribution in [0, 0.1) is 11.8 Å². The van der Waals surface area contributed by atoms with Gasteiger partial charge in [-0.25, -0.2) is 0 Å². The van der Waals surface area contributed by atoms with Crippen molar-refractivity contribution in [1.82, 2.24) is 15.5 Å². The number of hydrogen-bond donors (Lipinski definition) is 2. The number of guanidine groups is 1. The molecule has 134 valence electrons. The number of nitrogens with one attached hydrogen (secondary N) is 2. The first-order valence-electron chi connectivity index (χ1n) is 9.46. The topological polar surface area (TPSA) is 39.7 Å². The van der Waals surface area contributed by atoms with Crippen LogP contribution >= 0.6 is 11.3 Å². The third-order valence-corrected chi connectivity index (χ3v) is 6.32. The van der Waals surface area contributed by atoms with E-state index in [9.17, 15) is 0 Å². The first-order valence-corrected chi connectivity index (χ1v) is 10.3. The number of likely N-dealkylation sites (tertiary alicyclic amines) is 1. The molecule has 1 aromatic heterocycles. The van der Waals surface area contributed by atoms with Crippen LogP contribution in [-0.4, -0.2) is 44.6 Å². The molecule has 3 rings (SSSR count). The minimum absolute atomic E-state index is 0.541. The summed E-state index contributed by atoms with van der Waals surface area (Å²) in [6, 6.07) is 5.00. The highest BCUT2D eigenvalue weighted by Gasteiger charge is 2.31. The van der Waals surface area contributed by atoms with Crippen molar-refractivity contribution in [3.63, 3.8) is 0 Å². The zero-order valence-electron chi connectivity index (χ0n) is 15.1. The van der Waals surface area contributed by atoms with E-state index in [1.54, 1.807) is 0 Å². The molecule has 2 fully saturated rings. The van der Waals surface area contributed by atoms with E-state index in [0.717, 1.165) is 25.0 Å². The van der Waals surface area contributed by atoms with E-state index in [2.05, 4.69) is 45.1 Å². The van der Waals surface area contributed by atoms with Crippen molar-refractivity contribution >= 4 is 17.3 Å². The van der Waals surface area contributed by atoms with Gasteiger partial charge in [0.05, 0.1) is 0 Å². The molecular weight excluding hydrogens is 316 g/mol. The van der Waals surface area contributed by atoms with Gasteiger partial charge in [-0.15, -0.1) is 11.3 Å². The Kier molecular flexibility index (Phi) is 6.55. The fourth-order valence-electron chi connectivity index (χ4n) is 3.83. The Morgan fingerprint density at radius 2 is 2.21 bits per heavy atom. The van der Waals surface area contributed by atoms with Crippen molar-refractivity contribution in [2.75, 3.05) is 33.7 Å². The lowest BCUT2D eigenvalue weighted by Crippen LogP contribution is -2.45. The molecule has 2 aliphatic rings. The lowest BCUT2D eigenvalue weighted by atomic mass is 9.88. The van der Waals surface area contributed by atoms with Crippen LogP contribution in [0.25, 0.3) is 0 Å². The predicted molar refractivity (Wildman–Crippen MR) is 104 cm³/mol. The van der Waals surface area contributed by atoms with Crippen LogP contribution in [0.1, 0.15) is 49.4 Å². The van der Waals surface area contributed by atoms with Gasteiger partial charge < -0.3 is 10.6 Å². The highest BCUT2D eigenvalue weighted by molar-refractivity contribution is 7.10. The second-order valence-electron chi connectivity index (χ2n) is 7.31. The summed E-state index contributed by atoms with van der Waals surface area (Å²) >= 11 is 1.89. The third kappa shape index (κ3) is 4.96. The summed E-state index contributed by atoms with van der Waals surface area (Å²) in [6.07, 6.45) is 8.11. The Hall–Kier alpha value is -1.07. The molecule has 2 atom stereocenters. The zero-order chi connectivity index (χ0) is 16.8. The normalized spacial score (nSPS) is 25.7. The van der Waals surface area contributed by atoms with E-state index < -0.39 is 0 Å². The summed E-state index contributed by atoms with van der Waals surface area (Å²) in [5.74, 6) is 2.63. The standard InChI is InChI=1S/C19H32N4S/c1-20-19(21-11-3-6-15-9-10-15)22-14-16-7-4-12-23(2)18(16)17-8-5-13-24-17/h5,8,13,15-16,18H,3-4,6-7,9-12,14H2,1-2H3,(H2,20,21,22). The monoisotopic (exact) mass is 348 g/mol. The molecule has 4 nitrogen and oxygen atoms in total. The van der Waals surface area contributed by atoms with Gasteiger partial charge in [0.2, 0.25) is 0 Å². The Morgan fingerprint density at radius 1 is 1.33 bits per heavy atom. The molecule has 1 aliphatic carbocycles. The van der Waals surface area contributed by atoms with Crippen LogP contribution in [0.4, 0.5) is 0 Å². The molecule has 0 aromatic carbocycles. The van der Waals surface area contributed by atoms with Gasteiger partial charge in [-0.2, -0.15) is 0 Å². The summed E-state index contributed by atoms with van der Waals surface area (Å²) in [4.78, 5) is 8.41. The lowest BCUT2D eigenvalue weighted by Gasteiger charge is -2.39. The molecule has 1 aliphatic heterocycles. The van der Waals surface area contributed by atoms with Gasteiger partial charge >= 0.3 is 0 Å². The molecule has 5 heteroatoms. The number of rotatable bonds is 7. The van der Waals surface area contributed by atoms with E-state index in [1.165, 1.54) is 49.9 Å². The van der Waals surface area contributed by atoms with Crippen molar-refractivity contribution in [2.24, 2.45) is 16.8 Å². The molecule has 0 radical (unpaired) electrons. The summed E-state index contributed by atoms with van der Waals surface area (Å²) in [7, 11) is 4.14. The Balaban J connectivity index is 1.47. The fraction of sp³-hybridized carbons (Fsp3) is 0.737. The molecule has 2 unspecified atom stereocenters. The lowest BCUT2D eigenvalue weighted by molar-refractivity contribution is 0.125. The number of aliphatic imine (C=N–C) groups is 1. The second kappa shape index (κ2) is 8.86. The van der Waals surface area contributed by atoms with Crippen LogP contribution in [0.2, 0.25) is 0 Å². The molecule has 1 saturated carbocycles. The smallest absolute Gasteiger partial charge is 0.190 e. The first-order chi connectivity index (χ1) is 11.8. The number of piperidine rings is 1. The fourth-order valence-corrected chi connectivity index (χ4v) is 4.82. The van der Waals surface area contributed by atoms with Gasteiger partial charge in [0, 0.05) is 31.1 Å². The van der Waals surface area contributed by atoms with Crippen molar-refractivity contribution in [3.8, 4) is 0 Å². The summed E-state index contributed by atoms with van der Waals surface area (Å²) in [6.45, 7) is 3.23. The average molecular weight is 349 g/mol. The van der Waals surface area contributed by atoms with Crippen LogP contribution in [0.3, 0.4) is 0 Å². The van der Waals surface area contributed by atoms with Gasteiger partial charge in [0.15, 0.2) is 5.96 Å². The second-order valence-corrected chi connectivity index (χ2v) is 8.29. The summed E-state index contributed by atoms with van der Waals surface area (Å²) in [5.41, 5.74) is 0. The molecule has 1 saturated heterocycles. The van der Waals surface area contributed by atoms with E-state index in [1.807, 2.05) is 18.4 Å². The van der Waals surface area contributed by atoms with Gasteiger partial charge in [-0.05, 0) is 62.6 Å². The van der Waals surface area contributed by atoms with Crippen LogP contribution < -0.4 is 10.6 Å². The molecule has 2 heterocycles. The minimum Gasteiger partial charge on any atom is -0.356 e. The number of thiophene rings is 1. The third-order valence-electron chi connectivity index (χ3n) is 5.38. The summed E-state index contributed by atoms with van der Waals surface area (Å²) < 4.78 is 0. The molecule has 24 heavy (non-hydrogen) atoms. The summed E-state index contributed by atoms with van der Waals surface area (Å²) in [5, 5.41) is 9.25. The quantitative estimate of drug-likeness (QED) is 0.450. The van der Waals surface area contributed by atoms with E-state index in [0.29, 0.717) is 12.0 Å². The van der Waals surface area contributed by atoms with E-state index >= 15 is 0 Å². The van der Waals surface area contributed by atoms with E-state index in [4.69, 9.17) is 0 Å². The van der Waals surface area contributed by atoms with Crippen LogP contribution in [0.15, 0.2) is 22.5 Å². The van der Waals surface area contributed by atoms with Gasteiger partial charge in [0.25, 0.3) is 0 Å². The Bertz CT molecular complexity index is 509. The maximum absolute atomic E-state index is 4.39. The van der Waals surface area contributed by atoms with E-state index in [-0.39, 0.29) is 0 Å². The maximum Gasteiger partial charge on any atom is 0.190 e. The van der Waals surface area contributed by atoms with Gasteiger partial charge in [-0.1, -0.05) is 18.9 Å². The van der Waals surface area contributed by atoms with Crippen molar-refractivity contribution in [2.45, 2.75) is 44.6 Å². The van der Waals surface area contributed by atoms with Gasteiger partial charge in [-0.3, -0.25) is 9.89 Å². The largest absolute Gasteiger partial charge is 0.356 e. The highest BCUT2D eigenvalue weighted by atomic mass is 32.1. The SMILES string of the molecule is CN=C(NCCCC1CC1)NCC1CCCN(C)C1c1cccs1. The molecule has 0 spiro atoms. The number of hydrogen-bond acceptors (Lipinski definition) is 3.